The van der Waals surface area contributed by atoms with Crippen LogP contribution in [-0.2, 0) is 17.6 Å². The first kappa shape index (κ1) is 21.1. The Balaban J connectivity index is 1.75. The topological polar surface area (TPSA) is 98.0 Å². The summed E-state index contributed by atoms with van der Waals surface area (Å²) in [5.74, 6) is 1.77. The molecule has 0 saturated carbocycles. The molecule has 0 aliphatic carbocycles. The van der Waals surface area contributed by atoms with Crippen LogP contribution >= 0.6 is 0 Å². The lowest BCUT2D eigenvalue weighted by molar-refractivity contribution is -0.114. The van der Waals surface area contributed by atoms with Crippen molar-refractivity contribution in [3.05, 3.63) is 53.6 Å². The molecule has 0 bridgehead atoms. The number of ether oxygens (including phenoxy) is 2. The van der Waals surface area contributed by atoms with Gasteiger partial charge in [0.15, 0.2) is 17.5 Å². The lowest BCUT2D eigenvalue weighted by atomic mass is 10.1. The maximum atomic E-state index is 11.0. The van der Waals surface area contributed by atoms with Crippen molar-refractivity contribution in [2.75, 3.05) is 32.6 Å². The van der Waals surface area contributed by atoms with Gasteiger partial charge in [-0.25, -0.2) is 0 Å². The zero-order valence-electron chi connectivity index (χ0n) is 16.6. The summed E-state index contributed by atoms with van der Waals surface area (Å²) in [7, 11) is 3.24. The number of carbonyl (C=O) groups excluding carboxylic acids is 1. The minimum Gasteiger partial charge on any atom is -0.493 e. The van der Waals surface area contributed by atoms with Gasteiger partial charge >= 0.3 is 0 Å². The van der Waals surface area contributed by atoms with Crippen LogP contribution in [0.5, 0.6) is 11.5 Å². The Kier molecular flexibility index (Phi) is 8.14. The predicted octanol–water partition coefficient (Wildman–Crippen LogP) is 2.35. The van der Waals surface area contributed by atoms with Crippen LogP contribution in [0.1, 0.15) is 18.1 Å². The van der Waals surface area contributed by atoms with Crippen LogP contribution in [0.3, 0.4) is 0 Å². The number of amides is 1. The Morgan fingerprint density at radius 1 is 1.00 bits per heavy atom. The van der Waals surface area contributed by atoms with Crippen LogP contribution in [0.4, 0.5) is 5.69 Å². The fourth-order valence-electron chi connectivity index (χ4n) is 2.69. The number of methoxy groups -OCH3 is 2. The van der Waals surface area contributed by atoms with Gasteiger partial charge in [0.05, 0.1) is 14.2 Å². The van der Waals surface area contributed by atoms with Gasteiger partial charge in [0, 0.05) is 25.7 Å². The summed E-state index contributed by atoms with van der Waals surface area (Å²) in [4.78, 5) is 15.4. The van der Waals surface area contributed by atoms with E-state index in [0.29, 0.717) is 30.5 Å². The number of guanidine groups is 1. The van der Waals surface area contributed by atoms with Crippen LogP contribution in [0.2, 0.25) is 0 Å². The first-order valence-electron chi connectivity index (χ1n) is 9.13. The number of anilines is 1. The molecule has 2 aromatic rings. The molecular weight excluding hydrogens is 356 g/mol. The lowest BCUT2D eigenvalue weighted by Crippen LogP contribution is -2.33. The molecule has 0 radical (unpaired) electrons. The molecule has 2 rings (SSSR count). The van der Waals surface area contributed by atoms with Crippen molar-refractivity contribution in [3.63, 3.8) is 0 Å². The lowest BCUT2D eigenvalue weighted by Gasteiger charge is -2.10. The average Bonchev–Trinajstić information content (AvgIpc) is 2.68. The van der Waals surface area contributed by atoms with E-state index in [2.05, 4.69) is 15.6 Å². The molecule has 0 aliphatic rings. The van der Waals surface area contributed by atoms with Gasteiger partial charge in [-0.15, -0.1) is 0 Å². The van der Waals surface area contributed by atoms with Gasteiger partial charge in [0.25, 0.3) is 0 Å². The van der Waals surface area contributed by atoms with Crippen LogP contribution in [0, 0.1) is 0 Å². The summed E-state index contributed by atoms with van der Waals surface area (Å²) in [6.45, 7) is 2.76. The third-order valence-corrected chi connectivity index (χ3v) is 4.12. The fraction of sp³-hybridized carbons (Fsp3) is 0.333. The second-order valence-electron chi connectivity index (χ2n) is 6.26. The van der Waals surface area contributed by atoms with Gasteiger partial charge in [0.2, 0.25) is 5.91 Å². The summed E-state index contributed by atoms with van der Waals surface area (Å²) in [6, 6.07) is 13.6. The number of nitrogens with zero attached hydrogens (tertiary/aromatic N) is 1. The summed E-state index contributed by atoms with van der Waals surface area (Å²) >= 11 is 0. The van der Waals surface area contributed by atoms with Crippen molar-refractivity contribution >= 4 is 17.6 Å². The molecule has 0 fully saturated rings. The predicted molar refractivity (Wildman–Crippen MR) is 112 cm³/mol. The van der Waals surface area contributed by atoms with Gasteiger partial charge in [0.1, 0.15) is 0 Å². The molecule has 0 atom stereocenters. The SMILES string of the molecule is COc1ccc(CCNC(N)=NCCc2ccc(NC(C)=O)cc2)cc1OC. The Bertz CT molecular complexity index is 804. The van der Waals surface area contributed by atoms with Crippen LogP contribution in [0.15, 0.2) is 47.5 Å². The van der Waals surface area contributed by atoms with Crippen molar-refractivity contribution in [3.8, 4) is 11.5 Å². The number of carbonyl (C=O) groups is 1. The van der Waals surface area contributed by atoms with E-state index in [1.807, 2.05) is 42.5 Å². The van der Waals surface area contributed by atoms with E-state index in [-0.39, 0.29) is 5.91 Å². The molecular formula is C21H28N4O3. The van der Waals surface area contributed by atoms with Gasteiger partial charge in [-0.2, -0.15) is 0 Å². The molecule has 150 valence electrons. The number of nitrogens with two attached hydrogens (primary N) is 1. The van der Waals surface area contributed by atoms with Gasteiger partial charge in [-0.1, -0.05) is 18.2 Å². The van der Waals surface area contributed by atoms with E-state index < -0.39 is 0 Å². The number of rotatable bonds is 9. The highest BCUT2D eigenvalue weighted by molar-refractivity contribution is 5.88. The molecule has 1 amide bonds. The van der Waals surface area contributed by atoms with Crippen molar-refractivity contribution < 1.29 is 14.3 Å². The van der Waals surface area contributed by atoms with E-state index in [9.17, 15) is 4.79 Å². The first-order chi connectivity index (χ1) is 13.5. The zero-order valence-corrected chi connectivity index (χ0v) is 16.6. The van der Waals surface area contributed by atoms with E-state index in [0.717, 1.165) is 29.7 Å². The summed E-state index contributed by atoms with van der Waals surface area (Å²) < 4.78 is 10.6. The molecule has 7 heteroatoms. The summed E-state index contributed by atoms with van der Waals surface area (Å²) in [5, 5.41) is 5.87. The monoisotopic (exact) mass is 384 g/mol. The number of hydrogen-bond acceptors (Lipinski definition) is 4. The minimum atomic E-state index is -0.0794. The summed E-state index contributed by atoms with van der Waals surface area (Å²) in [5.41, 5.74) is 8.98. The van der Waals surface area contributed by atoms with E-state index >= 15 is 0 Å². The highest BCUT2D eigenvalue weighted by Crippen LogP contribution is 2.27. The molecule has 0 unspecified atom stereocenters. The zero-order chi connectivity index (χ0) is 20.4. The molecule has 0 saturated heterocycles. The number of hydrogen-bond donors (Lipinski definition) is 3. The van der Waals surface area contributed by atoms with E-state index in [1.54, 1.807) is 14.2 Å². The fourth-order valence-corrected chi connectivity index (χ4v) is 2.69. The Morgan fingerprint density at radius 2 is 1.68 bits per heavy atom. The van der Waals surface area contributed by atoms with Crippen LogP contribution < -0.4 is 25.8 Å². The Morgan fingerprint density at radius 3 is 2.32 bits per heavy atom. The third kappa shape index (κ3) is 6.83. The maximum absolute atomic E-state index is 11.0. The van der Waals surface area contributed by atoms with E-state index in [4.69, 9.17) is 15.2 Å². The molecule has 0 aliphatic heterocycles. The minimum absolute atomic E-state index is 0.0794. The second kappa shape index (κ2) is 10.8. The highest BCUT2D eigenvalue weighted by atomic mass is 16.5. The average molecular weight is 384 g/mol. The molecule has 2 aromatic carbocycles. The van der Waals surface area contributed by atoms with Gasteiger partial charge < -0.3 is 25.8 Å². The van der Waals surface area contributed by atoms with Crippen molar-refractivity contribution in [1.29, 1.82) is 0 Å². The van der Waals surface area contributed by atoms with Crippen molar-refractivity contribution in [2.45, 2.75) is 19.8 Å². The van der Waals surface area contributed by atoms with Gasteiger partial charge in [-0.05, 0) is 48.2 Å². The maximum Gasteiger partial charge on any atom is 0.221 e. The van der Waals surface area contributed by atoms with Crippen LogP contribution in [-0.4, -0.2) is 39.2 Å². The van der Waals surface area contributed by atoms with E-state index in [1.165, 1.54) is 6.92 Å². The molecule has 4 N–H and O–H groups in total. The van der Waals surface area contributed by atoms with Crippen molar-refractivity contribution in [2.24, 2.45) is 10.7 Å². The molecule has 0 aromatic heterocycles. The largest absolute Gasteiger partial charge is 0.493 e. The Hall–Kier alpha value is -3.22. The third-order valence-electron chi connectivity index (χ3n) is 4.12. The van der Waals surface area contributed by atoms with Crippen molar-refractivity contribution in [1.82, 2.24) is 5.32 Å². The second-order valence-corrected chi connectivity index (χ2v) is 6.26. The number of benzene rings is 2. The normalized spacial score (nSPS) is 11.0. The van der Waals surface area contributed by atoms with Crippen LogP contribution in [0.25, 0.3) is 0 Å². The molecule has 0 spiro atoms. The number of nitrogens with one attached hydrogen (secondary N) is 2. The standard InChI is InChI=1S/C21H28N4O3/c1-15(26)25-18-7-4-16(5-8-18)10-12-23-21(22)24-13-11-17-6-9-19(27-2)20(14-17)28-3/h4-9,14H,10-13H2,1-3H3,(H,25,26)(H3,22,23,24). The highest BCUT2D eigenvalue weighted by Gasteiger charge is 2.04. The quantitative estimate of drug-likeness (QED) is 0.455. The van der Waals surface area contributed by atoms with Gasteiger partial charge in [-0.3, -0.25) is 9.79 Å². The molecule has 0 heterocycles. The number of aliphatic imine (C=N–C) groups is 1. The molecule has 28 heavy (non-hydrogen) atoms. The molecule has 7 nitrogen and oxygen atoms in total. The Labute approximate surface area is 165 Å². The smallest absolute Gasteiger partial charge is 0.221 e. The first-order valence-corrected chi connectivity index (χ1v) is 9.13. The summed E-state index contributed by atoms with van der Waals surface area (Å²) in [6.07, 6.45) is 1.57.